The lowest BCUT2D eigenvalue weighted by molar-refractivity contribution is 0.0937. The third-order valence-corrected chi connectivity index (χ3v) is 5.36. The van der Waals surface area contributed by atoms with Crippen LogP contribution in [0.4, 0.5) is 0 Å². The van der Waals surface area contributed by atoms with Gasteiger partial charge in [-0.3, -0.25) is 4.79 Å². The molecule has 2 rings (SSSR count). The number of rotatable bonds is 3. The first-order chi connectivity index (χ1) is 8.88. The molecular formula is C13H16BrNO3S. The molecule has 6 heteroatoms. The second-order valence-corrected chi connectivity index (χ2v) is 7.71. The molecule has 1 N–H and O–H groups in total. The van der Waals surface area contributed by atoms with Gasteiger partial charge in [-0.05, 0) is 47.0 Å². The van der Waals surface area contributed by atoms with E-state index in [1.165, 1.54) is 6.07 Å². The average molecular weight is 346 g/mol. The average Bonchev–Trinajstić information content (AvgIpc) is 2.79. The largest absolute Gasteiger partial charge is 0.349 e. The molecule has 0 heterocycles. The van der Waals surface area contributed by atoms with Crippen molar-refractivity contribution in [3.05, 3.63) is 28.2 Å². The van der Waals surface area contributed by atoms with E-state index in [-0.39, 0.29) is 16.8 Å². The fraction of sp³-hybridized carbons (Fsp3) is 0.462. The van der Waals surface area contributed by atoms with Gasteiger partial charge in [0.15, 0.2) is 9.84 Å². The molecule has 0 unspecified atom stereocenters. The zero-order valence-electron chi connectivity index (χ0n) is 10.6. The number of nitrogens with one attached hydrogen (secondary N) is 1. The fourth-order valence-electron chi connectivity index (χ4n) is 2.28. The van der Waals surface area contributed by atoms with E-state index in [0.29, 0.717) is 10.0 Å². The molecule has 0 spiro atoms. The SMILES string of the molecule is CS(=O)(=O)c1ccc(C(=O)NC2CCCC2)cc1Br. The first-order valence-electron chi connectivity index (χ1n) is 6.18. The summed E-state index contributed by atoms with van der Waals surface area (Å²) in [5.41, 5.74) is 0.478. The quantitative estimate of drug-likeness (QED) is 0.915. The zero-order valence-corrected chi connectivity index (χ0v) is 13.1. The Bertz CT molecular complexity index is 592. The molecule has 1 fully saturated rings. The smallest absolute Gasteiger partial charge is 0.251 e. The van der Waals surface area contributed by atoms with Crippen molar-refractivity contribution in [3.8, 4) is 0 Å². The van der Waals surface area contributed by atoms with Crippen LogP contribution in [0.25, 0.3) is 0 Å². The molecule has 0 atom stereocenters. The van der Waals surface area contributed by atoms with Crippen molar-refractivity contribution in [1.82, 2.24) is 5.32 Å². The van der Waals surface area contributed by atoms with Crippen LogP contribution in [0.15, 0.2) is 27.6 Å². The van der Waals surface area contributed by atoms with Crippen LogP contribution in [0.2, 0.25) is 0 Å². The van der Waals surface area contributed by atoms with Gasteiger partial charge in [0, 0.05) is 22.3 Å². The van der Waals surface area contributed by atoms with Crippen molar-refractivity contribution in [2.45, 2.75) is 36.6 Å². The highest BCUT2D eigenvalue weighted by atomic mass is 79.9. The summed E-state index contributed by atoms with van der Waals surface area (Å²) in [7, 11) is -3.28. The van der Waals surface area contributed by atoms with Gasteiger partial charge in [-0.1, -0.05) is 12.8 Å². The first-order valence-corrected chi connectivity index (χ1v) is 8.87. The molecule has 1 aromatic carbocycles. The molecule has 0 bridgehead atoms. The highest BCUT2D eigenvalue weighted by Crippen LogP contribution is 2.24. The molecule has 104 valence electrons. The predicted octanol–water partition coefficient (Wildman–Crippen LogP) is 2.53. The number of hydrogen-bond acceptors (Lipinski definition) is 3. The van der Waals surface area contributed by atoms with Crippen molar-refractivity contribution in [2.75, 3.05) is 6.26 Å². The summed E-state index contributed by atoms with van der Waals surface area (Å²) in [5, 5.41) is 2.97. The summed E-state index contributed by atoms with van der Waals surface area (Å²) < 4.78 is 23.4. The number of benzene rings is 1. The molecule has 0 saturated heterocycles. The lowest BCUT2D eigenvalue weighted by atomic mass is 10.2. The lowest BCUT2D eigenvalue weighted by Crippen LogP contribution is -2.32. The third-order valence-electron chi connectivity index (χ3n) is 3.28. The molecule has 1 aromatic rings. The van der Waals surface area contributed by atoms with Gasteiger partial charge in [-0.2, -0.15) is 0 Å². The number of carbonyl (C=O) groups excluding carboxylic acids is 1. The van der Waals surface area contributed by atoms with Gasteiger partial charge in [0.05, 0.1) is 4.90 Å². The number of hydrogen-bond donors (Lipinski definition) is 1. The van der Waals surface area contributed by atoms with Crippen molar-refractivity contribution < 1.29 is 13.2 Å². The summed E-state index contributed by atoms with van der Waals surface area (Å²) in [6, 6.07) is 4.82. The molecule has 1 aliphatic carbocycles. The van der Waals surface area contributed by atoms with E-state index in [1.807, 2.05) is 0 Å². The lowest BCUT2D eigenvalue weighted by Gasteiger charge is -2.12. The second kappa shape index (κ2) is 5.63. The Labute approximate surface area is 121 Å². The van der Waals surface area contributed by atoms with Crippen LogP contribution in [0.5, 0.6) is 0 Å². The molecule has 1 saturated carbocycles. The Morgan fingerprint density at radius 2 is 1.95 bits per heavy atom. The topological polar surface area (TPSA) is 63.2 Å². The van der Waals surface area contributed by atoms with Crippen LogP contribution < -0.4 is 5.32 Å². The monoisotopic (exact) mass is 345 g/mol. The van der Waals surface area contributed by atoms with Crippen LogP contribution >= 0.6 is 15.9 Å². The zero-order chi connectivity index (χ0) is 14.0. The van der Waals surface area contributed by atoms with E-state index in [9.17, 15) is 13.2 Å². The Hall–Kier alpha value is -0.880. The minimum atomic E-state index is -3.28. The highest BCUT2D eigenvalue weighted by molar-refractivity contribution is 9.10. The molecule has 19 heavy (non-hydrogen) atoms. The van der Waals surface area contributed by atoms with Gasteiger partial charge in [0.2, 0.25) is 0 Å². The van der Waals surface area contributed by atoms with Gasteiger partial charge in [0.25, 0.3) is 5.91 Å². The van der Waals surface area contributed by atoms with Crippen LogP contribution in [0, 0.1) is 0 Å². The maximum absolute atomic E-state index is 12.0. The number of amides is 1. The van der Waals surface area contributed by atoms with Gasteiger partial charge in [-0.25, -0.2) is 8.42 Å². The molecule has 0 aromatic heterocycles. The summed E-state index contributed by atoms with van der Waals surface area (Å²) >= 11 is 3.20. The maximum atomic E-state index is 12.0. The number of carbonyl (C=O) groups is 1. The molecule has 1 amide bonds. The third kappa shape index (κ3) is 3.57. The van der Waals surface area contributed by atoms with Crippen LogP contribution in [-0.4, -0.2) is 26.6 Å². The van der Waals surface area contributed by atoms with Gasteiger partial charge >= 0.3 is 0 Å². The molecule has 0 radical (unpaired) electrons. The second-order valence-electron chi connectivity index (χ2n) is 4.87. The Balaban J connectivity index is 2.17. The van der Waals surface area contributed by atoms with Crippen LogP contribution in [-0.2, 0) is 9.84 Å². The Kier molecular flexibility index (Phi) is 4.30. The Morgan fingerprint density at radius 1 is 1.32 bits per heavy atom. The van der Waals surface area contributed by atoms with Crippen molar-refractivity contribution in [2.24, 2.45) is 0 Å². The summed E-state index contributed by atoms with van der Waals surface area (Å²) in [4.78, 5) is 12.2. The van der Waals surface area contributed by atoms with E-state index in [4.69, 9.17) is 0 Å². The van der Waals surface area contributed by atoms with E-state index in [1.54, 1.807) is 12.1 Å². The fourth-order valence-corrected chi connectivity index (χ4v) is 4.27. The van der Waals surface area contributed by atoms with E-state index >= 15 is 0 Å². The molecular weight excluding hydrogens is 330 g/mol. The normalized spacial score (nSPS) is 16.5. The summed E-state index contributed by atoms with van der Waals surface area (Å²) in [6.45, 7) is 0. The van der Waals surface area contributed by atoms with Crippen molar-refractivity contribution in [1.29, 1.82) is 0 Å². The molecule has 0 aliphatic heterocycles. The minimum absolute atomic E-state index is 0.146. The van der Waals surface area contributed by atoms with Crippen molar-refractivity contribution >= 4 is 31.7 Å². The van der Waals surface area contributed by atoms with Crippen molar-refractivity contribution in [3.63, 3.8) is 0 Å². The van der Waals surface area contributed by atoms with Gasteiger partial charge < -0.3 is 5.32 Å². The van der Waals surface area contributed by atoms with E-state index < -0.39 is 9.84 Å². The maximum Gasteiger partial charge on any atom is 0.251 e. The summed E-state index contributed by atoms with van der Waals surface area (Å²) in [6.07, 6.45) is 5.50. The standard InChI is InChI=1S/C13H16BrNO3S/c1-19(17,18)12-7-6-9(8-11(12)14)13(16)15-10-4-2-3-5-10/h6-8,10H,2-5H2,1H3,(H,15,16). The Morgan fingerprint density at radius 3 is 2.47 bits per heavy atom. The van der Waals surface area contributed by atoms with Gasteiger partial charge in [0.1, 0.15) is 0 Å². The van der Waals surface area contributed by atoms with E-state index in [2.05, 4.69) is 21.2 Å². The molecule has 1 aliphatic rings. The van der Waals surface area contributed by atoms with Gasteiger partial charge in [-0.15, -0.1) is 0 Å². The van der Waals surface area contributed by atoms with Crippen LogP contribution in [0.1, 0.15) is 36.0 Å². The van der Waals surface area contributed by atoms with Crippen LogP contribution in [0.3, 0.4) is 0 Å². The van der Waals surface area contributed by atoms with E-state index in [0.717, 1.165) is 31.9 Å². The summed E-state index contributed by atoms with van der Waals surface area (Å²) in [5.74, 6) is -0.146. The minimum Gasteiger partial charge on any atom is -0.349 e. The number of sulfone groups is 1. The predicted molar refractivity (Wildman–Crippen MR) is 77.0 cm³/mol. The number of halogens is 1. The highest BCUT2D eigenvalue weighted by Gasteiger charge is 2.19. The molecule has 4 nitrogen and oxygen atoms in total. The first kappa shape index (κ1) is 14.5.